The number of nitrogens with one attached hydrogen (secondary N) is 2. The molecule has 0 spiro atoms. The summed E-state index contributed by atoms with van der Waals surface area (Å²) in [4.78, 5) is 20.9. The molecule has 0 bridgehead atoms. The molecule has 0 saturated carbocycles. The SMILES string of the molecule is CCOc1ccc(/C=C(/C(=O)NCc2ccc(F)cc2)c2nc3ccccc3[nH]2)cc1. The molecule has 156 valence electrons. The largest absolute Gasteiger partial charge is 0.494 e. The number of carbonyl (C=O) groups is 1. The van der Waals surface area contributed by atoms with Crippen molar-refractivity contribution in [1.29, 1.82) is 0 Å². The molecule has 31 heavy (non-hydrogen) atoms. The molecule has 6 heteroatoms. The number of carbonyl (C=O) groups excluding carboxylic acids is 1. The Bertz CT molecular complexity index is 1180. The van der Waals surface area contributed by atoms with E-state index < -0.39 is 0 Å². The number of halogens is 1. The summed E-state index contributed by atoms with van der Waals surface area (Å²) in [6.45, 7) is 2.80. The second kappa shape index (κ2) is 9.26. The molecular formula is C25H22FN3O2. The van der Waals surface area contributed by atoms with E-state index in [4.69, 9.17) is 4.74 Å². The fourth-order valence-corrected chi connectivity index (χ4v) is 3.20. The predicted molar refractivity (Wildman–Crippen MR) is 120 cm³/mol. The Morgan fingerprint density at radius 1 is 1.06 bits per heavy atom. The van der Waals surface area contributed by atoms with Crippen molar-refractivity contribution in [2.45, 2.75) is 13.5 Å². The maximum absolute atomic E-state index is 13.1. The molecule has 0 aliphatic rings. The quantitative estimate of drug-likeness (QED) is 0.420. The van der Waals surface area contributed by atoms with Crippen molar-refractivity contribution in [3.8, 4) is 5.75 Å². The Morgan fingerprint density at radius 3 is 2.52 bits per heavy atom. The van der Waals surface area contributed by atoms with E-state index in [1.165, 1.54) is 12.1 Å². The summed E-state index contributed by atoms with van der Waals surface area (Å²) >= 11 is 0. The van der Waals surface area contributed by atoms with Gasteiger partial charge in [0.05, 0.1) is 23.2 Å². The van der Waals surface area contributed by atoms with Gasteiger partial charge in [0.15, 0.2) is 0 Å². The molecule has 0 aliphatic carbocycles. The summed E-state index contributed by atoms with van der Waals surface area (Å²) < 4.78 is 18.6. The van der Waals surface area contributed by atoms with Gasteiger partial charge in [-0.25, -0.2) is 9.37 Å². The Kier molecular flexibility index (Phi) is 6.08. The van der Waals surface area contributed by atoms with Gasteiger partial charge in [-0.3, -0.25) is 4.79 Å². The molecule has 2 N–H and O–H groups in total. The Labute approximate surface area is 179 Å². The number of imidazole rings is 1. The van der Waals surface area contributed by atoms with E-state index in [-0.39, 0.29) is 18.3 Å². The highest BCUT2D eigenvalue weighted by Gasteiger charge is 2.16. The summed E-state index contributed by atoms with van der Waals surface area (Å²) in [7, 11) is 0. The number of H-pyrrole nitrogens is 1. The highest BCUT2D eigenvalue weighted by atomic mass is 19.1. The van der Waals surface area contributed by atoms with E-state index in [1.54, 1.807) is 18.2 Å². The molecule has 1 amide bonds. The van der Waals surface area contributed by atoms with E-state index >= 15 is 0 Å². The second-order valence-electron chi connectivity index (χ2n) is 6.97. The van der Waals surface area contributed by atoms with Crippen LogP contribution in [-0.2, 0) is 11.3 Å². The number of hydrogen-bond donors (Lipinski definition) is 2. The third kappa shape index (κ3) is 4.98. The van der Waals surface area contributed by atoms with Crippen LogP contribution in [-0.4, -0.2) is 22.5 Å². The summed E-state index contributed by atoms with van der Waals surface area (Å²) in [6, 6.07) is 21.2. The first-order chi connectivity index (χ1) is 15.1. The van der Waals surface area contributed by atoms with Crippen LogP contribution in [0.3, 0.4) is 0 Å². The highest BCUT2D eigenvalue weighted by molar-refractivity contribution is 6.23. The summed E-state index contributed by atoms with van der Waals surface area (Å²) in [5.74, 6) is 0.656. The topological polar surface area (TPSA) is 67.0 Å². The Balaban J connectivity index is 1.64. The number of aromatic amines is 1. The van der Waals surface area contributed by atoms with Gasteiger partial charge in [0.2, 0.25) is 0 Å². The Hall–Kier alpha value is -3.93. The van der Waals surface area contributed by atoms with Gasteiger partial charge in [-0.05, 0) is 60.5 Å². The maximum atomic E-state index is 13.1. The number of para-hydroxylation sites is 2. The molecule has 4 aromatic rings. The first kappa shape index (κ1) is 20.3. The number of ether oxygens (including phenoxy) is 1. The highest BCUT2D eigenvalue weighted by Crippen LogP contribution is 2.21. The normalized spacial score (nSPS) is 11.5. The lowest BCUT2D eigenvalue weighted by Gasteiger charge is -2.08. The van der Waals surface area contributed by atoms with Crippen LogP contribution >= 0.6 is 0 Å². The van der Waals surface area contributed by atoms with Crippen LogP contribution in [0.2, 0.25) is 0 Å². The van der Waals surface area contributed by atoms with Crippen molar-refractivity contribution in [2.75, 3.05) is 6.61 Å². The van der Waals surface area contributed by atoms with Gasteiger partial charge in [-0.2, -0.15) is 0 Å². The van der Waals surface area contributed by atoms with Gasteiger partial charge in [-0.1, -0.05) is 36.4 Å². The number of amides is 1. The maximum Gasteiger partial charge on any atom is 0.255 e. The molecule has 0 saturated heterocycles. The number of aromatic nitrogens is 2. The molecule has 0 aliphatic heterocycles. The zero-order valence-electron chi connectivity index (χ0n) is 17.1. The molecule has 0 atom stereocenters. The van der Waals surface area contributed by atoms with E-state index in [2.05, 4.69) is 15.3 Å². The standard InChI is InChI=1S/C25H22FN3O2/c1-2-31-20-13-9-17(10-14-20)15-21(24-28-22-5-3-4-6-23(22)29-24)25(30)27-16-18-7-11-19(26)12-8-18/h3-15H,2,16H2,1H3,(H,27,30)(H,28,29)/b21-15+. The minimum atomic E-state index is -0.312. The van der Waals surface area contributed by atoms with Crippen molar-refractivity contribution in [1.82, 2.24) is 15.3 Å². The van der Waals surface area contributed by atoms with E-state index in [0.717, 1.165) is 27.9 Å². The third-order valence-corrected chi connectivity index (χ3v) is 4.76. The van der Waals surface area contributed by atoms with Crippen LogP contribution in [0.5, 0.6) is 5.75 Å². The number of nitrogens with zero attached hydrogens (tertiary/aromatic N) is 1. The average molecular weight is 415 g/mol. The van der Waals surface area contributed by atoms with Crippen LogP contribution in [0.25, 0.3) is 22.7 Å². The average Bonchev–Trinajstić information content (AvgIpc) is 3.22. The van der Waals surface area contributed by atoms with Gasteiger partial charge in [0.1, 0.15) is 17.4 Å². The summed E-state index contributed by atoms with van der Waals surface area (Å²) in [5.41, 5.74) is 3.68. The van der Waals surface area contributed by atoms with Gasteiger partial charge < -0.3 is 15.0 Å². The predicted octanol–water partition coefficient (Wildman–Crippen LogP) is 4.96. The molecule has 0 fully saturated rings. The fraction of sp³-hybridized carbons (Fsp3) is 0.120. The van der Waals surface area contributed by atoms with Crippen molar-refractivity contribution >= 4 is 28.6 Å². The smallest absolute Gasteiger partial charge is 0.255 e. The Morgan fingerprint density at radius 2 is 1.81 bits per heavy atom. The van der Waals surface area contributed by atoms with E-state index in [1.807, 2.05) is 55.5 Å². The summed E-state index contributed by atoms with van der Waals surface area (Å²) in [5, 5.41) is 2.90. The first-order valence-corrected chi connectivity index (χ1v) is 10.0. The fourth-order valence-electron chi connectivity index (χ4n) is 3.20. The molecule has 1 heterocycles. The van der Waals surface area contributed by atoms with Gasteiger partial charge >= 0.3 is 0 Å². The first-order valence-electron chi connectivity index (χ1n) is 10.0. The number of rotatable bonds is 7. The third-order valence-electron chi connectivity index (χ3n) is 4.76. The van der Waals surface area contributed by atoms with Crippen LogP contribution in [0.1, 0.15) is 23.9 Å². The monoisotopic (exact) mass is 415 g/mol. The second-order valence-corrected chi connectivity index (χ2v) is 6.97. The van der Waals surface area contributed by atoms with Crippen LogP contribution in [0.15, 0.2) is 72.8 Å². The van der Waals surface area contributed by atoms with Crippen LogP contribution in [0.4, 0.5) is 4.39 Å². The molecule has 5 nitrogen and oxygen atoms in total. The minimum absolute atomic E-state index is 0.278. The van der Waals surface area contributed by atoms with Crippen molar-refractivity contribution in [3.63, 3.8) is 0 Å². The van der Waals surface area contributed by atoms with Gasteiger partial charge in [0, 0.05) is 6.54 Å². The van der Waals surface area contributed by atoms with E-state index in [0.29, 0.717) is 18.0 Å². The molecule has 0 radical (unpaired) electrons. The zero-order valence-corrected chi connectivity index (χ0v) is 17.1. The molecule has 3 aromatic carbocycles. The van der Waals surface area contributed by atoms with Gasteiger partial charge in [0.25, 0.3) is 5.91 Å². The molecule has 1 aromatic heterocycles. The molecular weight excluding hydrogens is 393 g/mol. The van der Waals surface area contributed by atoms with Crippen LogP contribution < -0.4 is 10.1 Å². The lowest BCUT2D eigenvalue weighted by molar-refractivity contribution is -0.115. The lowest BCUT2D eigenvalue weighted by atomic mass is 10.1. The van der Waals surface area contributed by atoms with Crippen molar-refractivity contribution in [2.24, 2.45) is 0 Å². The van der Waals surface area contributed by atoms with Crippen molar-refractivity contribution < 1.29 is 13.9 Å². The number of fused-ring (bicyclic) bond motifs is 1. The molecule has 0 unspecified atom stereocenters. The minimum Gasteiger partial charge on any atom is -0.494 e. The lowest BCUT2D eigenvalue weighted by Crippen LogP contribution is -2.24. The number of hydrogen-bond acceptors (Lipinski definition) is 3. The number of benzene rings is 3. The summed E-state index contributed by atoms with van der Waals surface area (Å²) in [6.07, 6.45) is 1.79. The van der Waals surface area contributed by atoms with Gasteiger partial charge in [-0.15, -0.1) is 0 Å². The van der Waals surface area contributed by atoms with Crippen LogP contribution in [0, 0.1) is 5.82 Å². The molecule has 4 rings (SSSR count). The van der Waals surface area contributed by atoms with Crippen molar-refractivity contribution in [3.05, 3.63) is 95.6 Å². The zero-order chi connectivity index (χ0) is 21.6. The van der Waals surface area contributed by atoms with E-state index in [9.17, 15) is 9.18 Å².